The number of Topliss-reactive ketones (excluding diaryl/α,β-unsaturated/α-hetero) is 1. The first kappa shape index (κ1) is 22.4. The molecule has 1 unspecified atom stereocenters. The van der Waals surface area contributed by atoms with E-state index < -0.39 is 21.1 Å². The highest BCUT2D eigenvalue weighted by Gasteiger charge is 2.45. The van der Waals surface area contributed by atoms with Gasteiger partial charge in [-0.1, -0.05) is 31.5 Å². The molecule has 2 N–H and O–H groups in total. The van der Waals surface area contributed by atoms with Gasteiger partial charge in [-0.05, 0) is 49.7 Å². The van der Waals surface area contributed by atoms with Gasteiger partial charge in [0.2, 0.25) is 9.84 Å². The van der Waals surface area contributed by atoms with Gasteiger partial charge in [-0.2, -0.15) is 0 Å². The highest BCUT2D eigenvalue weighted by molar-refractivity contribution is 7.91. The van der Waals surface area contributed by atoms with Crippen molar-refractivity contribution in [2.24, 2.45) is 11.7 Å². The van der Waals surface area contributed by atoms with Gasteiger partial charge in [-0.15, -0.1) is 0 Å². The fourth-order valence-electron chi connectivity index (χ4n) is 4.52. The smallest absolute Gasteiger partial charge is 0.224 e. The molecule has 1 aliphatic heterocycles. The number of fused-ring (bicyclic) bond motifs is 1. The van der Waals surface area contributed by atoms with Crippen molar-refractivity contribution in [3.05, 3.63) is 65.7 Å². The fraction of sp³-hybridized carbons (Fsp3) is 0.333. The Morgan fingerprint density at radius 3 is 2.38 bits per heavy atom. The summed E-state index contributed by atoms with van der Waals surface area (Å²) < 4.78 is 42.9. The summed E-state index contributed by atoms with van der Waals surface area (Å²) in [5.74, 6) is -0.343. The van der Waals surface area contributed by atoms with Crippen LogP contribution < -0.4 is 5.73 Å². The molecule has 2 aromatic carbocycles. The molecule has 2 heterocycles. The molecule has 0 bridgehead atoms. The minimum Gasteiger partial charge on any atom is -0.324 e. The number of halogens is 1. The Morgan fingerprint density at radius 1 is 1.16 bits per heavy atom. The fourth-order valence-corrected chi connectivity index (χ4v) is 6.12. The van der Waals surface area contributed by atoms with E-state index in [1.54, 1.807) is 28.8 Å². The minimum atomic E-state index is -3.94. The van der Waals surface area contributed by atoms with Crippen LogP contribution in [0.2, 0.25) is 0 Å². The van der Waals surface area contributed by atoms with Gasteiger partial charge in [-0.3, -0.25) is 4.79 Å². The maximum absolute atomic E-state index is 13.8. The van der Waals surface area contributed by atoms with E-state index in [0.29, 0.717) is 24.4 Å². The summed E-state index contributed by atoms with van der Waals surface area (Å²) in [5.41, 5.74) is 6.62. The molecule has 6 nitrogen and oxygen atoms in total. The number of hydrogen-bond donors (Lipinski definition) is 1. The van der Waals surface area contributed by atoms with Gasteiger partial charge in [0.15, 0.2) is 10.8 Å². The first-order valence-corrected chi connectivity index (χ1v) is 12.0. The van der Waals surface area contributed by atoms with E-state index in [-0.39, 0.29) is 33.9 Å². The first-order chi connectivity index (χ1) is 15.1. The minimum absolute atomic E-state index is 0.0645. The van der Waals surface area contributed by atoms with Crippen molar-refractivity contribution in [1.29, 1.82) is 0 Å². The van der Waals surface area contributed by atoms with E-state index in [9.17, 15) is 17.6 Å². The molecule has 32 heavy (non-hydrogen) atoms. The molecular formula is C24H26FN3O3S. The number of rotatable bonds is 5. The third-order valence-corrected chi connectivity index (χ3v) is 8.12. The van der Waals surface area contributed by atoms with Gasteiger partial charge in [0.1, 0.15) is 17.3 Å². The second-order valence-corrected chi connectivity index (χ2v) is 10.7. The van der Waals surface area contributed by atoms with Crippen LogP contribution in [0.4, 0.5) is 4.39 Å². The highest BCUT2D eigenvalue weighted by atomic mass is 32.2. The van der Waals surface area contributed by atoms with Crippen LogP contribution >= 0.6 is 0 Å². The zero-order valence-electron chi connectivity index (χ0n) is 18.3. The predicted octanol–water partition coefficient (Wildman–Crippen LogP) is 3.66. The van der Waals surface area contributed by atoms with E-state index in [4.69, 9.17) is 10.7 Å². The summed E-state index contributed by atoms with van der Waals surface area (Å²) in [7, 11) is -3.94. The Kier molecular flexibility index (Phi) is 5.55. The van der Waals surface area contributed by atoms with Crippen LogP contribution in [0.25, 0.3) is 11.3 Å². The van der Waals surface area contributed by atoms with Gasteiger partial charge < -0.3 is 10.3 Å². The van der Waals surface area contributed by atoms with Gasteiger partial charge in [0.05, 0.1) is 11.4 Å². The standard InChI is InChI=1S/C24H26FN3O3S/c1-15-4-10-18(11-5-15)32(30,31)22-21(16-6-8-17(25)9-7-16)27-23-24(2,3)19(20(29)14-26)12-13-28(22)23/h4-11,19H,12-14,26H2,1-3H3. The molecule has 4 rings (SSSR count). The number of carbonyl (C=O) groups is 1. The number of nitrogens with zero attached hydrogens (tertiary/aromatic N) is 2. The summed E-state index contributed by atoms with van der Waals surface area (Å²) in [5, 5.41) is 0.0645. The number of benzene rings is 2. The normalized spacial score (nSPS) is 17.7. The summed E-state index contributed by atoms with van der Waals surface area (Å²) in [6, 6.07) is 12.3. The van der Waals surface area contributed by atoms with Crippen LogP contribution in [-0.2, 0) is 26.6 Å². The van der Waals surface area contributed by atoms with E-state index in [1.165, 1.54) is 24.3 Å². The number of ketones is 1. The monoisotopic (exact) mass is 455 g/mol. The zero-order chi connectivity index (χ0) is 23.3. The van der Waals surface area contributed by atoms with Crippen molar-refractivity contribution in [3.63, 3.8) is 0 Å². The maximum atomic E-state index is 13.8. The lowest BCUT2D eigenvalue weighted by atomic mass is 9.72. The third kappa shape index (κ3) is 3.57. The van der Waals surface area contributed by atoms with Crippen molar-refractivity contribution in [2.45, 2.75) is 49.1 Å². The van der Waals surface area contributed by atoms with Gasteiger partial charge in [0.25, 0.3) is 0 Å². The van der Waals surface area contributed by atoms with Crippen molar-refractivity contribution >= 4 is 15.6 Å². The van der Waals surface area contributed by atoms with Crippen LogP contribution in [0.5, 0.6) is 0 Å². The second kappa shape index (κ2) is 7.94. The van der Waals surface area contributed by atoms with E-state index in [1.807, 2.05) is 20.8 Å². The molecule has 0 amide bonds. The van der Waals surface area contributed by atoms with Gasteiger partial charge in [-0.25, -0.2) is 17.8 Å². The summed E-state index contributed by atoms with van der Waals surface area (Å²) in [6.45, 7) is 5.91. The molecule has 0 aliphatic carbocycles. The zero-order valence-corrected chi connectivity index (χ0v) is 19.1. The molecular weight excluding hydrogens is 429 g/mol. The first-order valence-electron chi connectivity index (χ1n) is 10.5. The molecule has 0 radical (unpaired) electrons. The maximum Gasteiger partial charge on any atom is 0.224 e. The van der Waals surface area contributed by atoms with Crippen molar-refractivity contribution in [1.82, 2.24) is 9.55 Å². The third-order valence-electron chi connectivity index (χ3n) is 6.30. The molecule has 8 heteroatoms. The van der Waals surface area contributed by atoms with Crippen LogP contribution in [0, 0.1) is 18.7 Å². The number of aromatic nitrogens is 2. The lowest BCUT2D eigenvalue weighted by Crippen LogP contribution is -2.44. The Morgan fingerprint density at radius 2 is 1.78 bits per heavy atom. The number of carbonyl (C=O) groups excluding carboxylic acids is 1. The van der Waals surface area contributed by atoms with E-state index >= 15 is 0 Å². The molecule has 1 aliphatic rings. The van der Waals surface area contributed by atoms with Crippen LogP contribution in [0.1, 0.15) is 31.7 Å². The molecule has 168 valence electrons. The van der Waals surface area contributed by atoms with Crippen molar-refractivity contribution in [3.8, 4) is 11.3 Å². The van der Waals surface area contributed by atoms with Crippen LogP contribution in [-0.4, -0.2) is 30.3 Å². The Bertz CT molecular complexity index is 1280. The van der Waals surface area contributed by atoms with Crippen molar-refractivity contribution in [2.75, 3.05) is 6.54 Å². The number of sulfone groups is 1. The Balaban J connectivity index is 1.99. The summed E-state index contributed by atoms with van der Waals surface area (Å²) >= 11 is 0. The Hall–Kier alpha value is -2.84. The molecule has 0 spiro atoms. The number of aryl methyl sites for hydroxylation is 1. The molecule has 0 saturated heterocycles. The number of imidazole rings is 1. The average Bonchev–Trinajstić information content (AvgIpc) is 3.16. The average molecular weight is 456 g/mol. The Labute approximate surface area is 187 Å². The number of nitrogens with two attached hydrogens (primary N) is 1. The molecule has 0 saturated carbocycles. The SMILES string of the molecule is Cc1ccc(S(=O)(=O)c2c(-c3ccc(F)cc3)nc3n2CCC(C(=O)CN)C3(C)C)cc1. The number of hydrogen-bond acceptors (Lipinski definition) is 5. The predicted molar refractivity (Wildman–Crippen MR) is 119 cm³/mol. The quantitative estimate of drug-likeness (QED) is 0.634. The largest absolute Gasteiger partial charge is 0.324 e. The van der Waals surface area contributed by atoms with Crippen LogP contribution in [0.3, 0.4) is 0 Å². The van der Waals surface area contributed by atoms with Gasteiger partial charge >= 0.3 is 0 Å². The highest BCUT2D eigenvalue weighted by Crippen LogP contribution is 2.43. The molecule has 0 fully saturated rings. The summed E-state index contributed by atoms with van der Waals surface area (Å²) in [4.78, 5) is 17.4. The molecule has 1 atom stereocenters. The van der Waals surface area contributed by atoms with Crippen LogP contribution in [0.15, 0.2) is 58.5 Å². The topological polar surface area (TPSA) is 95.0 Å². The lowest BCUT2D eigenvalue weighted by Gasteiger charge is -2.37. The van der Waals surface area contributed by atoms with Gasteiger partial charge in [0, 0.05) is 23.4 Å². The lowest BCUT2D eigenvalue weighted by molar-refractivity contribution is -0.124. The van der Waals surface area contributed by atoms with E-state index in [0.717, 1.165) is 5.56 Å². The van der Waals surface area contributed by atoms with Crippen molar-refractivity contribution < 1.29 is 17.6 Å². The second-order valence-electron chi connectivity index (χ2n) is 8.80. The summed E-state index contributed by atoms with van der Waals surface area (Å²) in [6.07, 6.45) is 0.464. The molecule has 3 aromatic rings. The molecule has 1 aromatic heterocycles. The van der Waals surface area contributed by atoms with E-state index in [2.05, 4.69) is 0 Å².